The third-order valence-electron chi connectivity index (χ3n) is 3.61. The smallest absolute Gasteiger partial charge is 0.362 e. The van der Waals surface area contributed by atoms with Crippen LogP contribution in [0.2, 0.25) is 5.15 Å². The molecule has 15 heteroatoms. The number of nitrogens with one attached hydrogen (secondary N) is 3. The molecule has 0 saturated carbocycles. The van der Waals surface area contributed by atoms with Crippen molar-refractivity contribution in [2.24, 2.45) is 0 Å². The summed E-state index contributed by atoms with van der Waals surface area (Å²) >= 11 is 5.60. The Bertz CT molecular complexity index is 1200. The molecular weight excluding hydrogens is 442 g/mol. The first-order valence-electron chi connectivity index (χ1n) is 7.91. The second-order valence-electron chi connectivity index (χ2n) is 5.54. The van der Waals surface area contributed by atoms with Crippen LogP contribution >= 0.6 is 11.6 Å². The predicted octanol–water partition coefficient (Wildman–Crippen LogP) is 1.82. The Balaban J connectivity index is 1.76. The lowest BCUT2D eigenvalue weighted by Crippen LogP contribution is -2.16. The van der Waals surface area contributed by atoms with Gasteiger partial charge in [0.2, 0.25) is 5.69 Å². The number of H-pyrrole nitrogens is 1. The summed E-state index contributed by atoms with van der Waals surface area (Å²) in [6.07, 6.45) is 0. The number of nitrogens with zero attached hydrogens (tertiary/aromatic N) is 4. The molecule has 0 fully saturated rings. The van der Waals surface area contributed by atoms with Gasteiger partial charge in [-0.25, -0.2) is 8.42 Å². The molecule has 0 aliphatic rings. The number of aromatic amines is 1. The highest BCUT2D eigenvalue weighted by Gasteiger charge is 2.30. The van der Waals surface area contributed by atoms with Gasteiger partial charge in [0.05, 0.1) is 16.9 Å². The summed E-state index contributed by atoms with van der Waals surface area (Å²) in [5.74, 6) is -1.23. The summed E-state index contributed by atoms with van der Waals surface area (Å²) in [5, 5.41) is 26.6. The summed E-state index contributed by atoms with van der Waals surface area (Å²) < 4.78 is 31.8. The Morgan fingerprint density at radius 1 is 1.20 bits per heavy atom. The Morgan fingerprint density at radius 3 is 2.47 bits per heavy atom. The van der Waals surface area contributed by atoms with E-state index < -0.39 is 32.2 Å². The number of carbonyl (C=O) groups excluding carboxylic acids is 1. The van der Waals surface area contributed by atoms with Crippen molar-refractivity contribution in [3.8, 4) is 5.88 Å². The van der Waals surface area contributed by atoms with Crippen LogP contribution in [0, 0.1) is 10.1 Å². The van der Waals surface area contributed by atoms with E-state index in [1.54, 1.807) is 0 Å². The number of sulfonamides is 1. The van der Waals surface area contributed by atoms with Gasteiger partial charge in [-0.1, -0.05) is 11.6 Å². The standard InChI is InChI=1S/C15H12ClN7O6S/c1-29-15-13(23(25)26)12(20-21-15)14(24)17-8-2-4-9(5-3-8)30(27,28)22-11-7-6-10(16)18-19-11/h2-7H,1H3,(H,17,24)(H,19,22)(H,20,21). The number of hydrogen-bond acceptors (Lipinski definition) is 9. The highest BCUT2D eigenvalue weighted by atomic mass is 35.5. The van der Waals surface area contributed by atoms with E-state index >= 15 is 0 Å². The second-order valence-corrected chi connectivity index (χ2v) is 7.61. The number of aromatic nitrogens is 4. The quantitative estimate of drug-likeness (QED) is 0.354. The van der Waals surface area contributed by atoms with Crippen LogP contribution in [0.5, 0.6) is 5.88 Å². The molecule has 2 aromatic heterocycles. The maximum absolute atomic E-state index is 12.4. The van der Waals surface area contributed by atoms with E-state index in [1.807, 2.05) is 0 Å². The average molecular weight is 454 g/mol. The average Bonchev–Trinajstić information content (AvgIpc) is 3.15. The number of halogens is 1. The van der Waals surface area contributed by atoms with Gasteiger partial charge in [0, 0.05) is 5.69 Å². The van der Waals surface area contributed by atoms with Gasteiger partial charge in [0.25, 0.3) is 15.9 Å². The number of rotatable bonds is 7. The van der Waals surface area contributed by atoms with Crippen molar-refractivity contribution in [1.82, 2.24) is 20.4 Å². The number of ether oxygens (including phenoxy) is 1. The molecule has 1 amide bonds. The minimum Gasteiger partial charge on any atom is -0.475 e. The molecule has 0 unspecified atom stereocenters. The van der Waals surface area contributed by atoms with Crippen molar-refractivity contribution in [1.29, 1.82) is 0 Å². The third kappa shape index (κ3) is 4.44. The first kappa shape index (κ1) is 20.9. The lowest BCUT2D eigenvalue weighted by molar-refractivity contribution is -0.386. The maximum atomic E-state index is 12.4. The lowest BCUT2D eigenvalue weighted by atomic mass is 10.3. The molecule has 30 heavy (non-hydrogen) atoms. The summed E-state index contributed by atoms with van der Waals surface area (Å²) in [6.45, 7) is 0. The van der Waals surface area contributed by atoms with Crippen molar-refractivity contribution in [3.63, 3.8) is 0 Å². The number of nitro groups is 1. The van der Waals surface area contributed by atoms with Crippen molar-refractivity contribution in [2.45, 2.75) is 4.90 Å². The van der Waals surface area contributed by atoms with Gasteiger partial charge in [0.15, 0.2) is 11.0 Å². The molecule has 0 aliphatic carbocycles. The fraction of sp³-hybridized carbons (Fsp3) is 0.0667. The van der Waals surface area contributed by atoms with Crippen molar-refractivity contribution in [3.05, 3.63) is 57.4 Å². The zero-order valence-electron chi connectivity index (χ0n) is 15.0. The number of anilines is 2. The minimum atomic E-state index is -3.97. The highest BCUT2D eigenvalue weighted by molar-refractivity contribution is 7.92. The van der Waals surface area contributed by atoms with Crippen LogP contribution in [-0.4, -0.2) is 46.8 Å². The van der Waals surface area contributed by atoms with Crippen LogP contribution in [-0.2, 0) is 10.0 Å². The monoisotopic (exact) mass is 453 g/mol. The van der Waals surface area contributed by atoms with E-state index in [0.717, 1.165) is 0 Å². The van der Waals surface area contributed by atoms with Crippen LogP contribution < -0.4 is 14.8 Å². The Labute approximate surface area is 173 Å². The maximum Gasteiger partial charge on any atom is 0.362 e. The SMILES string of the molecule is COc1n[nH]c(C(=O)Nc2ccc(S(=O)(=O)Nc3ccc(Cl)nn3)cc2)c1[N+](=O)[O-]. The molecule has 0 aliphatic heterocycles. The molecule has 0 saturated heterocycles. The van der Waals surface area contributed by atoms with Crippen molar-refractivity contribution < 1.29 is 22.9 Å². The fourth-order valence-electron chi connectivity index (χ4n) is 2.27. The first-order chi connectivity index (χ1) is 14.2. The molecule has 0 radical (unpaired) electrons. The van der Waals surface area contributed by atoms with Gasteiger partial charge < -0.3 is 10.1 Å². The zero-order chi connectivity index (χ0) is 21.9. The number of carbonyl (C=O) groups is 1. The number of amides is 1. The minimum absolute atomic E-state index is 0.0303. The summed E-state index contributed by atoms with van der Waals surface area (Å²) in [6, 6.07) is 7.77. The number of hydrogen-bond donors (Lipinski definition) is 3. The Morgan fingerprint density at radius 2 is 1.90 bits per heavy atom. The van der Waals surface area contributed by atoms with Crippen LogP contribution in [0.15, 0.2) is 41.3 Å². The van der Waals surface area contributed by atoms with Crippen LogP contribution in [0.4, 0.5) is 17.2 Å². The molecular formula is C15H12ClN7O6S. The number of methoxy groups -OCH3 is 1. The van der Waals surface area contributed by atoms with E-state index in [9.17, 15) is 23.3 Å². The van der Waals surface area contributed by atoms with Gasteiger partial charge in [-0.2, -0.15) is 0 Å². The first-order valence-corrected chi connectivity index (χ1v) is 9.77. The zero-order valence-corrected chi connectivity index (χ0v) is 16.6. The van der Waals surface area contributed by atoms with Gasteiger partial charge in [-0.15, -0.1) is 15.3 Å². The van der Waals surface area contributed by atoms with Gasteiger partial charge in [-0.3, -0.25) is 24.7 Å². The van der Waals surface area contributed by atoms with E-state index in [4.69, 9.17) is 16.3 Å². The highest BCUT2D eigenvalue weighted by Crippen LogP contribution is 2.28. The molecule has 13 nitrogen and oxygen atoms in total. The van der Waals surface area contributed by atoms with Crippen LogP contribution in [0.1, 0.15) is 10.5 Å². The summed E-state index contributed by atoms with van der Waals surface area (Å²) in [7, 11) is -2.80. The molecule has 3 aromatic rings. The molecule has 1 aromatic carbocycles. The van der Waals surface area contributed by atoms with E-state index in [1.165, 1.54) is 43.5 Å². The number of benzene rings is 1. The fourth-order valence-corrected chi connectivity index (χ4v) is 3.36. The van der Waals surface area contributed by atoms with Gasteiger partial charge in [0.1, 0.15) is 0 Å². The predicted molar refractivity (Wildman–Crippen MR) is 104 cm³/mol. The van der Waals surface area contributed by atoms with Crippen LogP contribution in [0.25, 0.3) is 0 Å². The molecule has 0 atom stereocenters. The Hall–Kier alpha value is -3.78. The molecule has 3 N–H and O–H groups in total. The molecule has 0 spiro atoms. The topological polar surface area (TPSA) is 182 Å². The Kier molecular flexibility index (Phi) is 5.79. The largest absolute Gasteiger partial charge is 0.475 e. The van der Waals surface area contributed by atoms with E-state index in [-0.39, 0.29) is 27.4 Å². The molecule has 0 bridgehead atoms. The normalized spacial score (nSPS) is 11.0. The van der Waals surface area contributed by atoms with Crippen molar-refractivity contribution >= 4 is 44.7 Å². The lowest BCUT2D eigenvalue weighted by Gasteiger charge is -2.08. The van der Waals surface area contributed by atoms with Crippen LogP contribution in [0.3, 0.4) is 0 Å². The molecule has 2 heterocycles. The summed E-state index contributed by atoms with van der Waals surface area (Å²) in [5.41, 5.74) is -0.855. The van der Waals surface area contributed by atoms with Gasteiger partial charge >= 0.3 is 11.6 Å². The van der Waals surface area contributed by atoms with E-state index in [2.05, 4.69) is 30.4 Å². The van der Waals surface area contributed by atoms with Crippen molar-refractivity contribution in [2.75, 3.05) is 17.1 Å². The third-order valence-corrected chi connectivity index (χ3v) is 5.18. The molecule has 3 rings (SSSR count). The summed E-state index contributed by atoms with van der Waals surface area (Å²) in [4.78, 5) is 22.5. The van der Waals surface area contributed by atoms with Gasteiger partial charge in [-0.05, 0) is 36.4 Å². The second kappa shape index (κ2) is 8.30. The van der Waals surface area contributed by atoms with E-state index in [0.29, 0.717) is 0 Å². The molecule has 156 valence electrons.